The predicted octanol–water partition coefficient (Wildman–Crippen LogP) is 3.42. The smallest absolute Gasteiger partial charge is 0.306 e. The zero-order valence-corrected chi connectivity index (χ0v) is 11.8. The van der Waals surface area contributed by atoms with Gasteiger partial charge in [0.05, 0.1) is 6.10 Å². The highest BCUT2D eigenvalue weighted by atomic mass is 16.6. The molecule has 1 heterocycles. The molecule has 3 heteroatoms. The molecule has 1 fully saturated rings. The van der Waals surface area contributed by atoms with E-state index in [1.807, 2.05) is 39.0 Å². The Balaban J connectivity index is 0.000000331. The van der Waals surface area contributed by atoms with E-state index < -0.39 is 0 Å². The molecule has 1 saturated heterocycles. The second-order valence-corrected chi connectivity index (χ2v) is 4.15. The summed E-state index contributed by atoms with van der Waals surface area (Å²) in [6.07, 6.45) is 9.17. The van der Waals surface area contributed by atoms with Crippen molar-refractivity contribution < 1.29 is 14.3 Å². The van der Waals surface area contributed by atoms with Crippen molar-refractivity contribution in [1.29, 1.82) is 0 Å². The summed E-state index contributed by atoms with van der Waals surface area (Å²) in [6, 6.07) is 0. The van der Waals surface area contributed by atoms with Crippen molar-refractivity contribution in [2.45, 2.75) is 45.8 Å². The summed E-state index contributed by atoms with van der Waals surface area (Å²) >= 11 is 0. The van der Waals surface area contributed by atoms with E-state index in [0.717, 1.165) is 6.42 Å². The van der Waals surface area contributed by atoms with Gasteiger partial charge in [-0.3, -0.25) is 4.79 Å². The highest BCUT2D eigenvalue weighted by molar-refractivity contribution is 5.71. The SMILES string of the molecule is C=C/C=C(C)\C=C/C.COC(C)C1CCC(=O)O1. The van der Waals surface area contributed by atoms with Gasteiger partial charge < -0.3 is 9.47 Å². The molecule has 1 aliphatic rings. The van der Waals surface area contributed by atoms with Crippen molar-refractivity contribution in [1.82, 2.24) is 0 Å². The maximum Gasteiger partial charge on any atom is 0.306 e. The number of methoxy groups -OCH3 is 1. The molecule has 1 aliphatic heterocycles. The highest BCUT2D eigenvalue weighted by Gasteiger charge is 2.27. The Morgan fingerprint density at radius 1 is 1.61 bits per heavy atom. The van der Waals surface area contributed by atoms with Gasteiger partial charge in [-0.1, -0.05) is 36.5 Å². The van der Waals surface area contributed by atoms with Gasteiger partial charge in [-0.25, -0.2) is 0 Å². The van der Waals surface area contributed by atoms with E-state index in [1.54, 1.807) is 13.2 Å². The molecule has 0 aromatic carbocycles. The summed E-state index contributed by atoms with van der Waals surface area (Å²) < 4.78 is 9.96. The van der Waals surface area contributed by atoms with Gasteiger partial charge in [-0.2, -0.15) is 0 Å². The monoisotopic (exact) mass is 252 g/mol. The van der Waals surface area contributed by atoms with E-state index in [1.165, 1.54) is 5.57 Å². The third-order valence-electron chi connectivity index (χ3n) is 2.62. The van der Waals surface area contributed by atoms with E-state index in [2.05, 4.69) is 6.58 Å². The predicted molar refractivity (Wildman–Crippen MR) is 74.4 cm³/mol. The molecule has 0 spiro atoms. The molecule has 0 saturated carbocycles. The lowest BCUT2D eigenvalue weighted by Crippen LogP contribution is -2.24. The Morgan fingerprint density at radius 2 is 2.28 bits per heavy atom. The number of cyclic esters (lactones) is 1. The number of rotatable bonds is 4. The average Bonchev–Trinajstić information content (AvgIpc) is 2.76. The standard InChI is InChI=1S/C8H12.C7H12O3/c1-4-6-8(3)7-5-2;1-5(9-2)6-3-4-7(8)10-6/h4-7H,1H2,2-3H3;5-6H,3-4H2,1-2H3/b7-5-,8-6-;. The molecule has 0 bridgehead atoms. The number of ether oxygens (including phenoxy) is 2. The first-order chi connectivity index (χ1) is 8.54. The first-order valence-corrected chi connectivity index (χ1v) is 6.19. The second-order valence-electron chi connectivity index (χ2n) is 4.15. The van der Waals surface area contributed by atoms with Gasteiger partial charge in [0.2, 0.25) is 0 Å². The highest BCUT2D eigenvalue weighted by Crippen LogP contribution is 2.17. The topological polar surface area (TPSA) is 35.5 Å². The summed E-state index contributed by atoms with van der Waals surface area (Å²) in [7, 11) is 1.62. The number of carbonyl (C=O) groups excluding carboxylic acids is 1. The maximum atomic E-state index is 10.6. The van der Waals surface area contributed by atoms with Crippen molar-refractivity contribution in [3.05, 3.63) is 36.5 Å². The quantitative estimate of drug-likeness (QED) is 0.568. The molecule has 0 aliphatic carbocycles. The first kappa shape index (κ1) is 16.6. The molecule has 18 heavy (non-hydrogen) atoms. The lowest BCUT2D eigenvalue weighted by Gasteiger charge is -2.15. The number of carbonyl (C=O) groups is 1. The molecule has 0 aromatic heterocycles. The third kappa shape index (κ3) is 7.07. The Hall–Kier alpha value is -1.35. The molecule has 102 valence electrons. The molecular formula is C15H24O3. The van der Waals surface area contributed by atoms with Crippen molar-refractivity contribution in [3.63, 3.8) is 0 Å². The minimum absolute atomic E-state index is 0.0162. The summed E-state index contributed by atoms with van der Waals surface area (Å²) in [5.74, 6) is -0.103. The summed E-state index contributed by atoms with van der Waals surface area (Å²) in [5.41, 5.74) is 1.24. The van der Waals surface area contributed by atoms with Crippen LogP contribution in [0.1, 0.15) is 33.6 Å². The fourth-order valence-electron chi connectivity index (χ4n) is 1.53. The van der Waals surface area contributed by atoms with Crippen LogP contribution in [0.25, 0.3) is 0 Å². The van der Waals surface area contributed by atoms with E-state index in [0.29, 0.717) is 6.42 Å². The normalized spacial score (nSPS) is 21.2. The maximum absolute atomic E-state index is 10.6. The van der Waals surface area contributed by atoms with Crippen LogP contribution in [-0.2, 0) is 14.3 Å². The van der Waals surface area contributed by atoms with Crippen LogP contribution >= 0.6 is 0 Å². The van der Waals surface area contributed by atoms with E-state index in [4.69, 9.17) is 9.47 Å². The third-order valence-corrected chi connectivity index (χ3v) is 2.62. The fraction of sp³-hybridized carbons (Fsp3) is 0.533. The van der Waals surface area contributed by atoms with Crippen LogP contribution in [-0.4, -0.2) is 25.3 Å². The number of allylic oxidation sites excluding steroid dienone is 5. The minimum Gasteiger partial charge on any atom is -0.460 e. The van der Waals surface area contributed by atoms with Gasteiger partial charge in [0, 0.05) is 13.5 Å². The van der Waals surface area contributed by atoms with Crippen LogP contribution in [0.4, 0.5) is 0 Å². The Morgan fingerprint density at radius 3 is 2.67 bits per heavy atom. The van der Waals surface area contributed by atoms with E-state index in [9.17, 15) is 4.79 Å². The van der Waals surface area contributed by atoms with E-state index in [-0.39, 0.29) is 18.2 Å². The lowest BCUT2D eigenvalue weighted by molar-refractivity contribution is -0.145. The van der Waals surface area contributed by atoms with Crippen LogP contribution < -0.4 is 0 Å². The summed E-state index contributed by atoms with van der Waals surface area (Å²) in [4.78, 5) is 10.6. The molecule has 0 radical (unpaired) electrons. The number of hydrogen-bond acceptors (Lipinski definition) is 3. The largest absolute Gasteiger partial charge is 0.460 e. The van der Waals surface area contributed by atoms with Gasteiger partial charge in [-0.05, 0) is 27.2 Å². The van der Waals surface area contributed by atoms with Gasteiger partial charge in [0.1, 0.15) is 6.10 Å². The average molecular weight is 252 g/mol. The number of hydrogen-bond donors (Lipinski definition) is 0. The molecule has 1 rings (SSSR count). The second kappa shape index (κ2) is 9.66. The van der Waals surface area contributed by atoms with Crippen LogP contribution in [0.15, 0.2) is 36.5 Å². The molecule has 0 N–H and O–H groups in total. The van der Waals surface area contributed by atoms with Crippen molar-refractivity contribution in [2.24, 2.45) is 0 Å². The molecule has 3 nitrogen and oxygen atoms in total. The number of esters is 1. The zero-order chi connectivity index (χ0) is 14.0. The fourth-order valence-corrected chi connectivity index (χ4v) is 1.53. The van der Waals surface area contributed by atoms with Crippen LogP contribution in [0.5, 0.6) is 0 Å². The van der Waals surface area contributed by atoms with Gasteiger partial charge in [-0.15, -0.1) is 0 Å². The van der Waals surface area contributed by atoms with Crippen molar-refractivity contribution in [3.8, 4) is 0 Å². The van der Waals surface area contributed by atoms with Crippen LogP contribution in [0, 0.1) is 0 Å². The molecular weight excluding hydrogens is 228 g/mol. The molecule has 0 aromatic rings. The zero-order valence-electron chi connectivity index (χ0n) is 11.8. The molecule has 2 unspecified atom stereocenters. The van der Waals surface area contributed by atoms with E-state index >= 15 is 0 Å². The van der Waals surface area contributed by atoms with Gasteiger partial charge >= 0.3 is 5.97 Å². The Bertz CT molecular complexity index is 316. The van der Waals surface area contributed by atoms with Crippen LogP contribution in [0.3, 0.4) is 0 Å². The summed E-state index contributed by atoms with van der Waals surface area (Å²) in [5, 5.41) is 0. The first-order valence-electron chi connectivity index (χ1n) is 6.19. The Kier molecular flexibility index (Phi) is 8.93. The molecule has 2 atom stereocenters. The lowest BCUT2D eigenvalue weighted by atomic mass is 10.1. The van der Waals surface area contributed by atoms with Gasteiger partial charge in [0.15, 0.2) is 0 Å². The van der Waals surface area contributed by atoms with Crippen LogP contribution in [0.2, 0.25) is 0 Å². The molecule has 0 amide bonds. The van der Waals surface area contributed by atoms with Crippen molar-refractivity contribution >= 4 is 5.97 Å². The van der Waals surface area contributed by atoms with Crippen molar-refractivity contribution in [2.75, 3.05) is 7.11 Å². The minimum atomic E-state index is -0.103. The summed E-state index contributed by atoms with van der Waals surface area (Å²) in [6.45, 7) is 9.52. The Labute approximate surface area is 110 Å². The van der Waals surface area contributed by atoms with Gasteiger partial charge in [0.25, 0.3) is 0 Å².